The molecule has 1 aliphatic rings. The second-order valence-corrected chi connectivity index (χ2v) is 7.69. The first kappa shape index (κ1) is 22.4. The van der Waals surface area contributed by atoms with Crippen molar-refractivity contribution in [3.05, 3.63) is 76.9 Å². The predicted octanol–water partition coefficient (Wildman–Crippen LogP) is 4.77. The van der Waals surface area contributed by atoms with Crippen LogP contribution in [0.15, 0.2) is 53.5 Å². The van der Waals surface area contributed by atoms with Gasteiger partial charge in [0.05, 0.1) is 32.6 Å². The Labute approximate surface area is 191 Å². The molecule has 6 nitrogen and oxygen atoms in total. The number of methoxy groups -OCH3 is 3. The van der Waals surface area contributed by atoms with E-state index in [-0.39, 0.29) is 11.6 Å². The number of anilines is 2. The molecule has 0 saturated carbocycles. The molecule has 0 amide bonds. The van der Waals surface area contributed by atoms with Crippen LogP contribution in [0, 0.1) is 11.6 Å². The minimum absolute atomic E-state index is 0.000875. The van der Waals surface area contributed by atoms with Crippen LogP contribution in [-0.4, -0.2) is 33.7 Å². The number of nitrogens with two attached hydrogens (primary N) is 1. The van der Waals surface area contributed by atoms with Crippen molar-refractivity contribution in [2.45, 2.75) is 12.3 Å². The first-order valence-electron chi connectivity index (χ1n) is 10.4. The highest BCUT2D eigenvalue weighted by molar-refractivity contribution is 6.12. The van der Waals surface area contributed by atoms with Gasteiger partial charge >= 0.3 is 0 Å². The minimum atomic E-state index is -0.720. The van der Waals surface area contributed by atoms with Crippen molar-refractivity contribution in [1.29, 1.82) is 0 Å². The minimum Gasteiger partial charge on any atom is -0.493 e. The lowest BCUT2D eigenvalue weighted by Crippen LogP contribution is -2.26. The summed E-state index contributed by atoms with van der Waals surface area (Å²) in [7, 11) is 4.60. The van der Waals surface area contributed by atoms with Crippen LogP contribution in [0.3, 0.4) is 0 Å². The van der Waals surface area contributed by atoms with Gasteiger partial charge < -0.3 is 25.3 Å². The van der Waals surface area contributed by atoms with E-state index in [1.165, 1.54) is 26.4 Å². The molecule has 3 N–H and O–H groups in total. The van der Waals surface area contributed by atoms with Gasteiger partial charge in [0.25, 0.3) is 0 Å². The summed E-state index contributed by atoms with van der Waals surface area (Å²) < 4.78 is 44.6. The van der Waals surface area contributed by atoms with E-state index in [1.54, 1.807) is 7.11 Å². The SMILES string of the molecule is COc1cc2c(c(OC)c1OC)C(Nc1ccc(F)cc1F)=NCC2Cc1ccc(N)cc1. The first-order valence-corrected chi connectivity index (χ1v) is 10.4. The Kier molecular flexibility index (Phi) is 6.35. The molecular weight excluding hydrogens is 428 g/mol. The molecule has 0 aromatic heterocycles. The van der Waals surface area contributed by atoms with E-state index in [0.717, 1.165) is 17.2 Å². The number of nitrogen functional groups attached to an aromatic ring is 1. The summed E-state index contributed by atoms with van der Waals surface area (Å²) in [6.07, 6.45) is 0.702. The largest absolute Gasteiger partial charge is 0.493 e. The van der Waals surface area contributed by atoms with Crippen LogP contribution < -0.4 is 25.3 Å². The second kappa shape index (κ2) is 9.36. The van der Waals surface area contributed by atoms with Gasteiger partial charge in [0.1, 0.15) is 17.5 Å². The van der Waals surface area contributed by atoms with Crippen LogP contribution in [0.2, 0.25) is 0 Å². The quantitative estimate of drug-likeness (QED) is 0.526. The molecule has 0 fully saturated rings. The number of amidine groups is 1. The van der Waals surface area contributed by atoms with Crippen LogP contribution >= 0.6 is 0 Å². The zero-order chi connectivity index (χ0) is 23.5. The molecule has 0 aliphatic carbocycles. The van der Waals surface area contributed by atoms with Crippen molar-refractivity contribution in [1.82, 2.24) is 0 Å². The summed E-state index contributed by atoms with van der Waals surface area (Å²) in [6.45, 7) is 0.446. The molecule has 3 aromatic carbocycles. The van der Waals surface area contributed by atoms with Crippen molar-refractivity contribution in [3.63, 3.8) is 0 Å². The normalized spacial score (nSPS) is 14.8. The molecule has 3 aromatic rings. The van der Waals surface area contributed by atoms with Gasteiger partial charge in [-0.25, -0.2) is 8.78 Å². The number of ether oxygens (including phenoxy) is 3. The topological polar surface area (TPSA) is 78.1 Å². The van der Waals surface area contributed by atoms with Crippen LogP contribution in [0.1, 0.15) is 22.6 Å². The third kappa shape index (κ3) is 4.41. The van der Waals surface area contributed by atoms with E-state index in [4.69, 9.17) is 24.9 Å². The van der Waals surface area contributed by atoms with Crippen molar-refractivity contribution in [2.24, 2.45) is 4.99 Å². The monoisotopic (exact) mass is 453 g/mol. The number of benzene rings is 3. The molecule has 172 valence electrons. The Morgan fingerprint density at radius 2 is 1.70 bits per heavy atom. The molecular formula is C25H25F2N3O3. The summed E-state index contributed by atoms with van der Waals surface area (Å²) in [5.41, 5.74) is 9.29. The molecule has 1 unspecified atom stereocenters. The molecule has 0 bridgehead atoms. The Morgan fingerprint density at radius 3 is 2.33 bits per heavy atom. The number of nitrogens with zero attached hydrogens (tertiary/aromatic N) is 1. The number of fused-ring (bicyclic) bond motifs is 1. The Morgan fingerprint density at radius 1 is 0.970 bits per heavy atom. The smallest absolute Gasteiger partial charge is 0.204 e. The fourth-order valence-corrected chi connectivity index (χ4v) is 4.05. The molecule has 1 aliphatic heterocycles. The molecule has 33 heavy (non-hydrogen) atoms. The molecule has 0 saturated heterocycles. The fraction of sp³-hybridized carbons (Fsp3) is 0.240. The highest BCUT2D eigenvalue weighted by Crippen LogP contribution is 2.46. The summed E-state index contributed by atoms with van der Waals surface area (Å²) in [5, 5.41) is 3.00. The third-order valence-electron chi connectivity index (χ3n) is 5.65. The fourth-order valence-electron chi connectivity index (χ4n) is 4.05. The van der Waals surface area contributed by atoms with Gasteiger partial charge in [-0.3, -0.25) is 4.99 Å². The Balaban J connectivity index is 1.82. The summed E-state index contributed by atoms with van der Waals surface area (Å²) in [6, 6.07) is 12.9. The molecule has 1 atom stereocenters. The molecule has 0 spiro atoms. The zero-order valence-electron chi connectivity index (χ0n) is 18.6. The van der Waals surface area contributed by atoms with E-state index < -0.39 is 11.6 Å². The predicted molar refractivity (Wildman–Crippen MR) is 125 cm³/mol. The average Bonchev–Trinajstić information content (AvgIpc) is 2.82. The zero-order valence-corrected chi connectivity index (χ0v) is 18.6. The van der Waals surface area contributed by atoms with Gasteiger partial charge in [-0.2, -0.15) is 0 Å². The van der Waals surface area contributed by atoms with Crippen molar-refractivity contribution in [2.75, 3.05) is 38.9 Å². The molecule has 0 radical (unpaired) electrons. The van der Waals surface area contributed by atoms with E-state index >= 15 is 0 Å². The standard InChI is InChI=1S/C25H25F2N3O3/c1-31-21-12-18-15(10-14-4-7-17(28)8-5-14)13-29-25(22(18)24(33-3)23(21)32-2)30-20-9-6-16(26)11-19(20)27/h4-9,11-12,15H,10,13,28H2,1-3H3,(H,29,30). The van der Waals surface area contributed by atoms with E-state index in [1.807, 2.05) is 30.3 Å². The van der Waals surface area contributed by atoms with Crippen LogP contribution in [-0.2, 0) is 6.42 Å². The second-order valence-electron chi connectivity index (χ2n) is 7.69. The molecule has 4 rings (SSSR count). The summed E-state index contributed by atoms with van der Waals surface area (Å²) >= 11 is 0. The number of nitrogens with one attached hydrogen (secondary N) is 1. The van der Waals surface area contributed by atoms with Gasteiger partial charge in [-0.1, -0.05) is 12.1 Å². The van der Waals surface area contributed by atoms with Crippen molar-refractivity contribution < 1.29 is 23.0 Å². The lowest BCUT2D eigenvalue weighted by molar-refractivity contribution is 0.322. The van der Waals surface area contributed by atoms with Gasteiger partial charge in [0, 0.05) is 24.2 Å². The number of hydrogen-bond acceptors (Lipinski definition) is 6. The third-order valence-corrected chi connectivity index (χ3v) is 5.65. The Hall–Kier alpha value is -3.81. The van der Waals surface area contributed by atoms with E-state index in [9.17, 15) is 8.78 Å². The number of rotatable bonds is 6. The van der Waals surface area contributed by atoms with Gasteiger partial charge in [0.2, 0.25) is 5.75 Å². The highest BCUT2D eigenvalue weighted by atomic mass is 19.1. The van der Waals surface area contributed by atoms with E-state index in [0.29, 0.717) is 47.3 Å². The lowest BCUT2D eigenvalue weighted by Gasteiger charge is -2.29. The Bertz CT molecular complexity index is 1200. The molecule has 8 heteroatoms. The summed E-state index contributed by atoms with van der Waals surface area (Å²) in [5.74, 6) is 0.371. The van der Waals surface area contributed by atoms with Gasteiger partial charge in [0.15, 0.2) is 11.5 Å². The lowest BCUT2D eigenvalue weighted by atomic mass is 9.85. The number of aliphatic imine (C=N–C) groups is 1. The highest BCUT2D eigenvalue weighted by Gasteiger charge is 2.31. The van der Waals surface area contributed by atoms with Gasteiger partial charge in [-0.15, -0.1) is 0 Å². The van der Waals surface area contributed by atoms with Crippen LogP contribution in [0.5, 0.6) is 17.2 Å². The number of halogens is 2. The van der Waals surface area contributed by atoms with Gasteiger partial charge in [-0.05, 0) is 47.9 Å². The van der Waals surface area contributed by atoms with Crippen LogP contribution in [0.4, 0.5) is 20.2 Å². The first-order chi connectivity index (χ1) is 15.9. The summed E-state index contributed by atoms with van der Waals surface area (Å²) in [4.78, 5) is 4.71. The molecule has 1 heterocycles. The maximum atomic E-state index is 14.4. The maximum absolute atomic E-state index is 14.4. The van der Waals surface area contributed by atoms with E-state index in [2.05, 4.69) is 5.32 Å². The van der Waals surface area contributed by atoms with Crippen molar-refractivity contribution >= 4 is 17.2 Å². The number of hydrogen-bond donors (Lipinski definition) is 2. The maximum Gasteiger partial charge on any atom is 0.204 e. The van der Waals surface area contributed by atoms with Crippen LogP contribution in [0.25, 0.3) is 0 Å². The average molecular weight is 453 g/mol. The van der Waals surface area contributed by atoms with Crippen molar-refractivity contribution in [3.8, 4) is 17.2 Å².